The van der Waals surface area contributed by atoms with Gasteiger partial charge in [0.05, 0.1) is 28.5 Å². The van der Waals surface area contributed by atoms with E-state index in [1.54, 1.807) is 0 Å². The molecular weight excluding hydrogens is 258 g/mol. The largest absolute Gasteiger partial charge is 0.302 e. The summed E-state index contributed by atoms with van der Waals surface area (Å²) in [5, 5.41) is 10.9. The minimum Gasteiger partial charge on any atom is -0.302 e. The summed E-state index contributed by atoms with van der Waals surface area (Å²) in [5.41, 5.74) is 0. The third kappa shape index (κ3) is 17.9. The number of halogens is 1. The molecule has 0 heterocycles. The molecule has 0 unspecified atom stereocenters. The lowest BCUT2D eigenvalue weighted by Crippen LogP contribution is -2.58. The fourth-order valence-electron chi connectivity index (χ4n) is 0.908. The molecule has 0 atom stereocenters. The highest BCUT2D eigenvalue weighted by Crippen LogP contribution is 1.88. The van der Waals surface area contributed by atoms with Crippen LogP contribution in [0.4, 0.5) is 0 Å². The number of hydrogen-bond donors (Lipinski definition) is 1. The zero-order valence-electron chi connectivity index (χ0n) is 10.0. The van der Waals surface area contributed by atoms with E-state index in [9.17, 15) is 10.1 Å². The van der Waals surface area contributed by atoms with Crippen molar-refractivity contribution in [1.82, 2.24) is 9.91 Å². The maximum Gasteiger partial charge on any atom is 0.159 e. The number of likely N-dealkylation sites (N-methyl/N-ethyl adjacent to an activating group) is 2. The molecule has 0 aliphatic heterocycles. The minimum absolute atomic E-state index is 0.385. The van der Waals surface area contributed by atoms with Crippen LogP contribution in [0.15, 0.2) is 0 Å². The molecule has 0 aromatic rings. The zero-order valence-corrected chi connectivity index (χ0v) is 10.8. The molecule has 17 heavy (non-hydrogen) atoms. The average molecular weight is 276 g/mol. The highest BCUT2D eigenvalue weighted by molar-refractivity contribution is 4.52. The van der Waals surface area contributed by atoms with Crippen LogP contribution < -0.4 is 14.0 Å². The van der Waals surface area contributed by atoms with Gasteiger partial charge in [0.25, 0.3) is 0 Å². The van der Waals surface area contributed by atoms with E-state index in [1.807, 2.05) is 0 Å². The van der Waals surface area contributed by atoms with Crippen LogP contribution in [0.25, 0.3) is 0 Å². The van der Waals surface area contributed by atoms with Crippen LogP contribution in [0.2, 0.25) is 0 Å². The molecule has 0 aliphatic carbocycles. The molecule has 9 nitrogen and oxygen atoms in total. The van der Waals surface area contributed by atoms with Crippen LogP contribution in [0.3, 0.4) is 0 Å². The topological polar surface area (TPSA) is 139 Å². The lowest BCUT2D eigenvalue weighted by Gasteiger charge is -2.18. The van der Waals surface area contributed by atoms with Gasteiger partial charge in [-0.2, -0.15) is 14.0 Å². The maximum atomic E-state index is 10.2. The molecule has 0 aliphatic rings. The van der Waals surface area contributed by atoms with Gasteiger partial charge < -0.3 is 4.90 Å². The molecular formula is C7H18ClN3O6. The molecule has 1 N–H and O–H groups in total. The number of nitrogens with zero attached hydrogens (tertiary/aromatic N) is 3. The highest BCUT2D eigenvalue weighted by Gasteiger charge is 2.07. The molecule has 0 fully saturated rings. The summed E-state index contributed by atoms with van der Waals surface area (Å²) in [6.45, 7) is 7.23. The molecule has 0 saturated carbocycles. The van der Waals surface area contributed by atoms with Crippen molar-refractivity contribution in [2.75, 3.05) is 33.2 Å². The number of nitro groups is 1. The van der Waals surface area contributed by atoms with Crippen LogP contribution in [0, 0.1) is 20.4 Å². The summed E-state index contributed by atoms with van der Waals surface area (Å²) in [5.74, 6) is 0. The first kappa shape index (κ1) is 18.6. The molecule has 0 bridgehead atoms. The zero-order chi connectivity index (χ0) is 14.1. The van der Waals surface area contributed by atoms with E-state index in [4.69, 9.17) is 18.6 Å². The van der Waals surface area contributed by atoms with Crippen LogP contribution in [0.5, 0.6) is 0 Å². The van der Waals surface area contributed by atoms with Gasteiger partial charge in [-0.3, -0.25) is 0 Å². The lowest BCUT2D eigenvalue weighted by molar-refractivity contribution is -1.92. The van der Waals surface area contributed by atoms with E-state index < -0.39 is 10.2 Å². The van der Waals surface area contributed by atoms with Gasteiger partial charge in [0, 0.05) is 6.54 Å². The Kier molecular flexibility index (Phi) is 10.2. The molecule has 0 saturated heterocycles. The quantitative estimate of drug-likeness (QED) is 0.386. The predicted molar refractivity (Wildman–Crippen MR) is 49.6 cm³/mol. The number of hydrazine groups is 1. The Hall–Kier alpha value is -0.710. The Morgan fingerprint density at radius 1 is 1.18 bits per heavy atom. The fourth-order valence-corrected chi connectivity index (χ4v) is 0.908. The molecule has 0 aromatic heterocycles. The molecule has 0 spiro atoms. The van der Waals surface area contributed by atoms with Crippen molar-refractivity contribution in [3.05, 3.63) is 10.1 Å². The Labute approximate surface area is 102 Å². The third-order valence-corrected chi connectivity index (χ3v) is 1.91. The van der Waals surface area contributed by atoms with Gasteiger partial charge in [-0.1, -0.05) is 13.8 Å². The Balaban J connectivity index is 0. The number of hydrogen-bond acceptors (Lipinski definition) is 7. The Morgan fingerprint density at radius 3 is 1.76 bits per heavy atom. The van der Waals surface area contributed by atoms with Crippen molar-refractivity contribution in [3.8, 4) is 0 Å². The van der Waals surface area contributed by atoms with Crippen LogP contribution in [-0.4, -0.2) is 52.8 Å². The standard InChI is InChI=1S/C7H17N3O2.ClHO4/c1-4-9(5-2)7-6-8(3)10(11)12;2-1(3,4)5/h4-7H2,1-3H3;(H,2,3,4,5). The second kappa shape index (κ2) is 9.33. The first-order valence-electron chi connectivity index (χ1n) is 4.82. The van der Waals surface area contributed by atoms with Crippen molar-refractivity contribution < 1.29 is 33.9 Å². The fraction of sp³-hybridized carbons (Fsp3) is 1.00. The van der Waals surface area contributed by atoms with Crippen LogP contribution in [-0.2, 0) is 0 Å². The second-order valence-electron chi connectivity index (χ2n) is 3.04. The summed E-state index contributed by atoms with van der Waals surface area (Å²) in [6, 6.07) is 0. The second-order valence-corrected chi connectivity index (χ2v) is 3.83. The van der Waals surface area contributed by atoms with Crippen molar-refractivity contribution in [2.45, 2.75) is 13.8 Å². The molecule has 0 rings (SSSR count). The SMILES string of the molecule is CCN(CC)CCN(C)[N+](=O)[O-].[O-][Cl+3]([O-])([O-])O. The summed E-state index contributed by atoms with van der Waals surface area (Å²) in [7, 11) is -3.20. The van der Waals surface area contributed by atoms with E-state index in [1.165, 1.54) is 7.05 Å². The molecule has 0 radical (unpaired) electrons. The van der Waals surface area contributed by atoms with Crippen molar-refractivity contribution >= 4 is 0 Å². The van der Waals surface area contributed by atoms with Crippen molar-refractivity contribution in [3.63, 3.8) is 0 Å². The van der Waals surface area contributed by atoms with Gasteiger partial charge in [0.15, 0.2) is 5.03 Å². The number of rotatable bonds is 6. The molecule has 10 heteroatoms. The normalized spacial score (nSPS) is 10.8. The van der Waals surface area contributed by atoms with Gasteiger partial charge in [0.2, 0.25) is 0 Å². The summed E-state index contributed by atoms with van der Waals surface area (Å²) >= 11 is 0. The first-order chi connectivity index (χ1) is 7.61. The van der Waals surface area contributed by atoms with E-state index in [2.05, 4.69) is 18.7 Å². The Bertz CT molecular complexity index is 202. The summed E-state index contributed by atoms with van der Waals surface area (Å²) in [6.07, 6.45) is 0. The average Bonchev–Trinajstić information content (AvgIpc) is 2.16. The van der Waals surface area contributed by atoms with Crippen molar-refractivity contribution in [2.24, 2.45) is 0 Å². The Morgan fingerprint density at radius 2 is 1.53 bits per heavy atom. The maximum absolute atomic E-state index is 10.2. The van der Waals surface area contributed by atoms with Crippen LogP contribution in [0.1, 0.15) is 13.8 Å². The van der Waals surface area contributed by atoms with Gasteiger partial charge in [-0.15, -0.1) is 5.01 Å². The van der Waals surface area contributed by atoms with Gasteiger partial charge in [-0.05, 0) is 13.1 Å². The summed E-state index contributed by atoms with van der Waals surface area (Å²) < 4.78 is 32.7. The minimum atomic E-state index is -4.69. The van der Waals surface area contributed by atoms with E-state index in [0.29, 0.717) is 6.54 Å². The van der Waals surface area contributed by atoms with Gasteiger partial charge >= 0.3 is 0 Å². The third-order valence-electron chi connectivity index (χ3n) is 1.91. The lowest BCUT2D eigenvalue weighted by atomic mass is 10.4. The predicted octanol–water partition coefficient (Wildman–Crippen LogP) is -3.67. The molecule has 0 amide bonds. The van der Waals surface area contributed by atoms with E-state index >= 15 is 0 Å². The van der Waals surface area contributed by atoms with Gasteiger partial charge in [-0.25, -0.2) is 10.1 Å². The first-order valence-corrected chi connectivity index (χ1v) is 6.09. The van der Waals surface area contributed by atoms with E-state index in [0.717, 1.165) is 24.6 Å². The van der Waals surface area contributed by atoms with Crippen molar-refractivity contribution in [1.29, 1.82) is 0 Å². The monoisotopic (exact) mass is 275 g/mol. The van der Waals surface area contributed by atoms with Crippen LogP contribution >= 0.6 is 0 Å². The summed E-state index contributed by atoms with van der Waals surface area (Å²) in [4.78, 5) is 12.4. The van der Waals surface area contributed by atoms with Gasteiger partial charge in [0.1, 0.15) is 0 Å². The highest BCUT2D eigenvalue weighted by atomic mass is 35.7. The van der Waals surface area contributed by atoms with E-state index in [-0.39, 0.29) is 5.03 Å². The smallest absolute Gasteiger partial charge is 0.159 e. The molecule has 0 aromatic carbocycles. The molecule has 104 valence electrons.